The Labute approximate surface area is 140 Å². The fraction of sp³-hybridized carbons (Fsp3) is 0.0952. The molecule has 112 valence electrons. The van der Waals surface area contributed by atoms with Crippen LogP contribution >= 0.6 is 11.3 Å². The van der Waals surface area contributed by atoms with Crippen LogP contribution in [-0.4, -0.2) is 4.98 Å². The van der Waals surface area contributed by atoms with Crippen LogP contribution in [0.5, 0.6) is 0 Å². The summed E-state index contributed by atoms with van der Waals surface area (Å²) in [6, 6.07) is 23.3. The van der Waals surface area contributed by atoms with Gasteiger partial charge in [0.25, 0.3) is 0 Å². The molecule has 0 bridgehead atoms. The molecule has 4 rings (SSSR count). The molecule has 0 spiro atoms. The SMILES string of the molecule is CCc1c(-c2ccccc2)nc2ccsc2c1-c1ccccc1. The van der Waals surface area contributed by atoms with E-state index in [0.717, 1.165) is 17.6 Å². The first-order chi connectivity index (χ1) is 11.4. The van der Waals surface area contributed by atoms with Gasteiger partial charge in [0.2, 0.25) is 0 Å². The number of hydrogen-bond acceptors (Lipinski definition) is 2. The Kier molecular flexibility index (Phi) is 3.68. The Morgan fingerprint density at radius 3 is 2.13 bits per heavy atom. The summed E-state index contributed by atoms with van der Waals surface area (Å²) in [7, 11) is 0. The molecule has 2 aromatic carbocycles. The first-order valence-electron chi connectivity index (χ1n) is 7.89. The average molecular weight is 315 g/mol. The van der Waals surface area contributed by atoms with Gasteiger partial charge in [-0.25, -0.2) is 4.98 Å². The van der Waals surface area contributed by atoms with E-state index in [2.05, 4.69) is 79.0 Å². The number of nitrogens with zero attached hydrogens (tertiary/aromatic N) is 1. The fourth-order valence-electron chi connectivity index (χ4n) is 3.11. The highest BCUT2D eigenvalue weighted by atomic mass is 32.1. The predicted molar refractivity (Wildman–Crippen MR) is 99.9 cm³/mol. The molecule has 4 aromatic rings. The van der Waals surface area contributed by atoms with Crippen LogP contribution in [0.25, 0.3) is 32.6 Å². The minimum absolute atomic E-state index is 0.968. The summed E-state index contributed by atoms with van der Waals surface area (Å²) in [5.41, 5.74) is 7.33. The Hall–Kier alpha value is -2.45. The molecule has 0 fully saturated rings. The first kappa shape index (κ1) is 14.2. The minimum atomic E-state index is 0.968. The molecule has 0 aliphatic heterocycles. The van der Waals surface area contributed by atoms with Gasteiger partial charge in [0.05, 0.1) is 15.9 Å². The van der Waals surface area contributed by atoms with Crippen LogP contribution in [0.3, 0.4) is 0 Å². The zero-order valence-electron chi connectivity index (χ0n) is 13.0. The molecular formula is C21H17NS. The van der Waals surface area contributed by atoms with Crippen molar-refractivity contribution >= 4 is 21.6 Å². The molecule has 2 heteroatoms. The van der Waals surface area contributed by atoms with E-state index in [1.165, 1.54) is 27.0 Å². The number of fused-ring (bicyclic) bond motifs is 1. The molecule has 1 nitrogen and oxygen atoms in total. The van der Waals surface area contributed by atoms with Gasteiger partial charge in [-0.1, -0.05) is 67.6 Å². The van der Waals surface area contributed by atoms with E-state index >= 15 is 0 Å². The molecule has 23 heavy (non-hydrogen) atoms. The van der Waals surface area contributed by atoms with Gasteiger partial charge in [-0.15, -0.1) is 11.3 Å². The highest BCUT2D eigenvalue weighted by Gasteiger charge is 2.17. The number of rotatable bonds is 3. The summed E-state index contributed by atoms with van der Waals surface area (Å²) in [6.45, 7) is 2.22. The van der Waals surface area contributed by atoms with Gasteiger partial charge >= 0.3 is 0 Å². The topological polar surface area (TPSA) is 12.9 Å². The van der Waals surface area contributed by atoms with Gasteiger partial charge in [0, 0.05) is 11.1 Å². The van der Waals surface area contributed by atoms with Gasteiger partial charge in [-0.3, -0.25) is 0 Å². The summed E-state index contributed by atoms with van der Waals surface area (Å²) in [4.78, 5) is 4.97. The van der Waals surface area contributed by atoms with Crippen molar-refractivity contribution < 1.29 is 0 Å². The van der Waals surface area contributed by atoms with Crippen LogP contribution < -0.4 is 0 Å². The lowest BCUT2D eigenvalue weighted by Crippen LogP contribution is -1.96. The standard InChI is InChI=1S/C21H17NS/c1-2-17-19(15-9-5-3-6-10-15)21-18(13-14-23-21)22-20(17)16-11-7-4-8-12-16/h3-14H,2H2,1H3. The Bertz CT molecular complexity index is 940. The fourth-order valence-corrected chi connectivity index (χ4v) is 4.04. The molecular weight excluding hydrogens is 298 g/mol. The van der Waals surface area contributed by atoms with E-state index in [1.54, 1.807) is 11.3 Å². The van der Waals surface area contributed by atoms with E-state index < -0.39 is 0 Å². The van der Waals surface area contributed by atoms with Crippen LogP contribution in [-0.2, 0) is 6.42 Å². The Balaban J connectivity index is 2.10. The summed E-state index contributed by atoms with van der Waals surface area (Å²) >= 11 is 1.78. The highest BCUT2D eigenvalue weighted by molar-refractivity contribution is 7.17. The maximum absolute atomic E-state index is 4.97. The quantitative estimate of drug-likeness (QED) is 0.439. The average Bonchev–Trinajstić information content (AvgIpc) is 3.09. The molecule has 2 heterocycles. The van der Waals surface area contributed by atoms with E-state index in [4.69, 9.17) is 4.98 Å². The van der Waals surface area contributed by atoms with E-state index in [9.17, 15) is 0 Å². The lowest BCUT2D eigenvalue weighted by atomic mass is 9.94. The predicted octanol–water partition coefficient (Wildman–Crippen LogP) is 6.19. The smallest absolute Gasteiger partial charge is 0.0823 e. The molecule has 2 aromatic heterocycles. The third kappa shape index (κ3) is 2.45. The molecule has 0 amide bonds. The lowest BCUT2D eigenvalue weighted by molar-refractivity contribution is 1.13. The molecule has 0 aliphatic rings. The summed E-state index contributed by atoms with van der Waals surface area (Å²) in [5.74, 6) is 0. The molecule has 0 radical (unpaired) electrons. The Morgan fingerprint density at radius 1 is 0.826 bits per heavy atom. The third-order valence-corrected chi connectivity index (χ3v) is 5.08. The molecule has 0 saturated carbocycles. The maximum atomic E-state index is 4.97. The number of hydrogen-bond donors (Lipinski definition) is 0. The van der Waals surface area contributed by atoms with Gasteiger partial charge in [-0.2, -0.15) is 0 Å². The van der Waals surface area contributed by atoms with Crippen molar-refractivity contribution in [3.05, 3.63) is 77.7 Å². The second-order valence-electron chi connectivity index (χ2n) is 5.53. The summed E-state index contributed by atoms with van der Waals surface area (Å²) in [6.07, 6.45) is 0.968. The minimum Gasteiger partial charge on any atom is -0.247 e. The number of pyridine rings is 1. The van der Waals surface area contributed by atoms with Gasteiger partial charge in [0.15, 0.2) is 0 Å². The van der Waals surface area contributed by atoms with Crippen molar-refractivity contribution in [1.82, 2.24) is 4.98 Å². The van der Waals surface area contributed by atoms with Crippen molar-refractivity contribution in [2.24, 2.45) is 0 Å². The first-order valence-corrected chi connectivity index (χ1v) is 8.77. The molecule has 0 atom stereocenters. The van der Waals surface area contributed by atoms with Gasteiger partial charge in [-0.05, 0) is 29.0 Å². The largest absolute Gasteiger partial charge is 0.247 e. The van der Waals surface area contributed by atoms with E-state index in [-0.39, 0.29) is 0 Å². The van der Waals surface area contributed by atoms with Crippen molar-refractivity contribution in [2.75, 3.05) is 0 Å². The molecule has 0 aliphatic carbocycles. The van der Waals surface area contributed by atoms with Crippen LogP contribution in [0.2, 0.25) is 0 Å². The van der Waals surface area contributed by atoms with Gasteiger partial charge < -0.3 is 0 Å². The van der Waals surface area contributed by atoms with Crippen molar-refractivity contribution in [3.8, 4) is 22.4 Å². The van der Waals surface area contributed by atoms with E-state index in [1.807, 2.05) is 0 Å². The van der Waals surface area contributed by atoms with Gasteiger partial charge in [0.1, 0.15) is 0 Å². The zero-order chi connectivity index (χ0) is 15.6. The lowest BCUT2D eigenvalue weighted by Gasteiger charge is -2.15. The third-order valence-electron chi connectivity index (χ3n) is 4.15. The van der Waals surface area contributed by atoms with Crippen LogP contribution in [0.15, 0.2) is 72.1 Å². The van der Waals surface area contributed by atoms with Crippen LogP contribution in [0.1, 0.15) is 12.5 Å². The second-order valence-corrected chi connectivity index (χ2v) is 6.45. The summed E-state index contributed by atoms with van der Waals surface area (Å²) < 4.78 is 1.28. The normalized spacial score (nSPS) is 11.0. The van der Waals surface area contributed by atoms with Crippen LogP contribution in [0.4, 0.5) is 0 Å². The van der Waals surface area contributed by atoms with Crippen molar-refractivity contribution in [1.29, 1.82) is 0 Å². The molecule has 0 unspecified atom stereocenters. The second kappa shape index (κ2) is 5.98. The monoisotopic (exact) mass is 315 g/mol. The van der Waals surface area contributed by atoms with E-state index in [0.29, 0.717) is 0 Å². The summed E-state index contributed by atoms with van der Waals surface area (Å²) in [5, 5.41) is 2.14. The number of aromatic nitrogens is 1. The molecule has 0 saturated heterocycles. The number of thiophene rings is 1. The van der Waals surface area contributed by atoms with Crippen LogP contribution in [0, 0.1) is 0 Å². The Morgan fingerprint density at radius 2 is 1.48 bits per heavy atom. The zero-order valence-corrected chi connectivity index (χ0v) is 13.8. The maximum Gasteiger partial charge on any atom is 0.0823 e. The van der Waals surface area contributed by atoms with Crippen molar-refractivity contribution in [2.45, 2.75) is 13.3 Å². The number of benzene rings is 2. The molecule has 0 N–H and O–H groups in total. The van der Waals surface area contributed by atoms with Crippen molar-refractivity contribution in [3.63, 3.8) is 0 Å². The highest BCUT2D eigenvalue weighted by Crippen LogP contribution is 2.39.